The Morgan fingerprint density at radius 1 is 1.00 bits per heavy atom. The van der Waals surface area contributed by atoms with Crippen LogP contribution in [0.1, 0.15) is 19.3 Å². The number of unbranched alkanes of at least 4 members (excludes halogenated alkanes) is 1. The predicted octanol–water partition coefficient (Wildman–Crippen LogP) is -3.57. The first-order chi connectivity index (χ1) is 7.27. The van der Waals surface area contributed by atoms with E-state index in [0.717, 1.165) is 0 Å². The minimum atomic E-state index is -1.03. The molecule has 0 aromatic rings. The van der Waals surface area contributed by atoms with Crippen LogP contribution in [0.3, 0.4) is 0 Å². The van der Waals surface area contributed by atoms with E-state index < -0.39 is 5.97 Å². The summed E-state index contributed by atoms with van der Waals surface area (Å²) in [5.74, 6) is -1.03. The van der Waals surface area contributed by atoms with Crippen LogP contribution in [-0.4, -0.2) is 44.3 Å². The average Bonchev–Trinajstić information content (AvgIpc) is 2.20. The minimum Gasteiger partial charge on any atom is -0.550 e. The van der Waals surface area contributed by atoms with Gasteiger partial charge in [0.1, 0.15) is 6.61 Å². The molecular weight excluding hydrogens is 227 g/mol. The fourth-order valence-electron chi connectivity index (χ4n) is 0.892. The predicted molar refractivity (Wildman–Crippen MR) is 49.1 cm³/mol. The van der Waals surface area contributed by atoms with Gasteiger partial charge in [-0.25, -0.2) is 4.89 Å². The summed E-state index contributed by atoms with van der Waals surface area (Å²) in [6.45, 7) is 1.88. The Morgan fingerprint density at radius 3 is 2.12 bits per heavy atom. The van der Waals surface area contributed by atoms with Crippen molar-refractivity contribution in [3.8, 4) is 0 Å². The molecule has 0 amide bonds. The van der Waals surface area contributed by atoms with Crippen LogP contribution in [0.15, 0.2) is 0 Å². The van der Waals surface area contributed by atoms with Crippen LogP contribution >= 0.6 is 0 Å². The third-order valence-electron chi connectivity index (χ3n) is 1.61. The molecule has 0 bridgehead atoms. The van der Waals surface area contributed by atoms with Crippen molar-refractivity contribution in [2.24, 2.45) is 0 Å². The number of hydrogen-bond acceptors (Lipinski definition) is 6. The molecule has 0 fully saturated rings. The van der Waals surface area contributed by atoms with Crippen molar-refractivity contribution >= 4 is 5.97 Å². The number of carboxylic acids is 1. The summed E-state index contributed by atoms with van der Waals surface area (Å²) >= 11 is 0. The summed E-state index contributed by atoms with van der Waals surface area (Å²) in [6.07, 6.45) is 1.35. The molecule has 7 heteroatoms. The molecule has 0 heterocycles. The van der Waals surface area contributed by atoms with E-state index in [2.05, 4.69) is 4.89 Å². The van der Waals surface area contributed by atoms with Gasteiger partial charge >= 0.3 is 29.6 Å². The van der Waals surface area contributed by atoms with Crippen LogP contribution in [0, 0.1) is 0 Å². The molecule has 0 rings (SSSR count). The molecule has 0 aliphatic heterocycles. The first-order valence-corrected chi connectivity index (χ1v) is 4.89. The first-order valence-electron chi connectivity index (χ1n) is 4.89. The number of hydrogen-bond donors (Lipinski definition) is 1. The minimum absolute atomic E-state index is 0. The van der Waals surface area contributed by atoms with Gasteiger partial charge in [-0.3, -0.25) is 5.26 Å². The zero-order chi connectivity index (χ0) is 11.4. The van der Waals surface area contributed by atoms with Gasteiger partial charge in [-0.15, -0.1) is 0 Å². The van der Waals surface area contributed by atoms with E-state index in [1.165, 1.54) is 0 Å². The van der Waals surface area contributed by atoms with Crippen molar-refractivity contribution in [2.45, 2.75) is 19.3 Å². The van der Waals surface area contributed by atoms with Gasteiger partial charge in [0, 0.05) is 12.6 Å². The van der Waals surface area contributed by atoms with Gasteiger partial charge in [-0.1, -0.05) is 0 Å². The van der Waals surface area contributed by atoms with Gasteiger partial charge in [0.2, 0.25) is 0 Å². The van der Waals surface area contributed by atoms with Crippen molar-refractivity contribution in [2.75, 3.05) is 33.0 Å². The maximum Gasteiger partial charge on any atom is 1.00 e. The molecule has 0 atom stereocenters. The third kappa shape index (κ3) is 16.7. The van der Waals surface area contributed by atoms with E-state index in [4.69, 9.17) is 14.7 Å². The maximum atomic E-state index is 10.0. The van der Waals surface area contributed by atoms with Crippen molar-refractivity contribution in [3.05, 3.63) is 0 Å². The van der Waals surface area contributed by atoms with Crippen LogP contribution in [0.25, 0.3) is 0 Å². The van der Waals surface area contributed by atoms with Gasteiger partial charge in [0.25, 0.3) is 0 Å². The molecule has 0 unspecified atom stereocenters. The summed E-state index contributed by atoms with van der Waals surface area (Å²) in [5, 5.41) is 18.0. The van der Waals surface area contributed by atoms with Gasteiger partial charge in [-0.05, 0) is 19.3 Å². The first kappa shape index (κ1) is 18.7. The van der Waals surface area contributed by atoms with Crippen LogP contribution in [0.5, 0.6) is 0 Å². The Labute approximate surface area is 117 Å². The van der Waals surface area contributed by atoms with Crippen molar-refractivity contribution in [3.63, 3.8) is 0 Å². The number of carboxylic acid groups (broad SMARTS) is 1. The fraction of sp³-hybridized carbons (Fsp3) is 0.889. The van der Waals surface area contributed by atoms with E-state index in [1.807, 2.05) is 0 Å². The monoisotopic (exact) mass is 244 g/mol. The van der Waals surface area contributed by atoms with Crippen LogP contribution < -0.4 is 34.7 Å². The smallest absolute Gasteiger partial charge is 0.550 e. The largest absolute Gasteiger partial charge is 1.00 e. The van der Waals surface area contributed by atoms with E-state index in [9.17, 15) is 9.90 Å². The fourth-order valence-corrected chi connectivity index (χ4v) is 0.892. The van der Waals surface area contributed by atoms with Crippen molar-refractivity contribution < 1.29 is 59.1 Å². The zero-order valence-corrected chi connectivity index (χ0v) is 11.6. The van der Waals surface area contributed by atoms with Crippen molar-refractivity contribution in [1.82, 2.24) is 0 Å². The van der Waals surface area contributed by atoms with Gasteiger partial charge in [0.15, 0.2) is 0 Å². The summed E-state index contributed by atoms with van der Waals surface area (Å²) in [7, 11) is 0. The Hall–Kier alpha value is 0.310. The summed E-state index contributed by atoms with van der Waals surface area (Å²) in [6, 6.07) is 0. The maximum absolute atomic E-state index is 10.0. The molecule has 90 valence electrons. The molecular formula is C9H17NaO6. The second-order valence-electron chi connectivity index (χ2n) is 2.89. The molecule has 6 nitrogen and oxygen atoms in total. The second-order valence-corrected chi connectivity index (χ2v) is 2.89. The molecule has 0 aromatic heterocycles. The molecule has 16 heavy (non-hydrogen) atoms. The van der Waals surface area contributed by atoms with Crippen LogP contribution in [-0.2, 0) is 19.2 Å². The van der Waals surface area contributed by atoms with E-state index in [0.29, 0.717) is 39.3 Å². The van der Waals surface area contributed by atoms with Gasteiger partial charge in [0.05, 0.1) is 19.8 Å². The van der Waals surface area contributed by atoms with E-state index in [1.54, 1.807) is 0 Å². The molecule has 0 saturated carbocycles. The van der Waals surface area contributed by atoms with Crippen LogP contribution in [0.4, 0.5) is 0 Å². The standard InChI is InChI=1S/C9H18O6.Na/c10-9(11)3-1-2-4-13-5-6-14-7-8-15-12;/h12H,1-8H2,(H,10,11);/q;+1/p-1. The number of ether oxygens (including phenoxy) is 2. The summed E-state index contributed by atoms with van der Waals surface area (Å²) < 4.78 is 10.2. The summed E-state index contributed by atoms with van der Waals surface area (Å²) in [5.41, 5.74) is 0. The van der Waals surface area contributed by atoms with E-state index >= 15 is 0 Å². The number of rotatable bonds is 11. The Morgan fingerprint density at radius 2 is 1.56 bits per heavy atom. The number of carbonyl (C=O) groups excluding carboxylic acids is 1. The molecule has 0 aliphatic carbocycles. The average molecular weight is 244 g/mol. The topological polar surface area (TPSA) is 88.1 Å². The zero-order valence-electron chi connectivity index (χ0n) is 9.65. The Balaban J connectivity index is 0. The van der Waals surface area contributed by atoms with E-state index in [-0.39, 0.29) is 42.6 Å². The number of aliphatic carboxylic acids is 1. The second kappa shape index (κ2) is 15.3. The molecule has 0 aliphatic rings. The summed E-state index contributed by atoms with van der Waals surface area (Å²) in [4.78, 5) is 13.8. The third-order valence-corrected chi connectivity index (χ3v) is 1.61. The molecule has 0 saturated heterocycles. The van der Waals surface area contributed by atoms with Crippen LogP contribution in [0.2, 0.25) is 0 Å². The molecule has 0 radical (unpaired) electrons. The number of carbonyl (C=O) groups is 1. The Bertz CT molecular complexity index is 155. The molecule has 0 spiro atoms. The Kier molecular flexibility index (Phi) is 17.9. The SMILES string of the molecule is O=C([O-])CCCCOCCOCCOO.[Na+]. The quantitative estimate of drug-likeness (QED) is 0.175. The molecule has 1 N–H and O–H groups in total. The molecule has 0 aromatic carbocycles. The van der Waals surface area contributed by atoms with Gasteiger partial charge in [-0.2, -0.15) is 0 Å². The normalized spacial score (nSPS) is 9.81. The van der Waals surface area contributed by atoms with Crippen molar-refractivity contribution in [1.29, 1.82) is 0 Å². The van der Waals surface area contributed by atoms with Gasteiger partial charge < -0.3 is 19.4 Å².